The number of imidazole rings is 1. The summed E-state index contributed by atoms with van der Waals surface area (Å²) in [5, 5.41) is 2.75. The number of aromatic amines is 1. The lowest BCUT2D eigenvalue weighted by Crippen LogP contribution is -2.36. The number of hydrogen-bond acceptors (Lipinski definition) is 2. The third-order valence-electron chi connectivity index (χ3n) is 2.83. The SMILES string of the molecule is CN(C)C(=O)NCCn1c(=S)[nH]c2cc(I)c(F)cc21. The van der Waals surface area contributed by atoms with E-state index >= 15 is 0 Å². The van der Waals surface area contributed by atoms with Crippen LogP contribution in [0.5, 0.6) is 0 Å². The summed E-state index contributed by atoms with van der Waals surface area (Å²) >= 11 is 7.17. The molecule has 108 valence electrons. The van der Waals surface area contributed by atoms with Crippen LogP contribution in [0.2, 0.25) is 0 Å². The minimum absolute atomic E-state index is 0.169. The molecule has 0 aliphatic rings. The highest BCUT2D eigenvalue weighted by Crippen LogP contribution is 2.20. The van der Waals surface area contributed by atoms with Crippen molar-refractivity contribution in [2.45, 2.75) is 6.54 Å². The van der Waals surface area contributed by atoms with Gasteiger partial charge in [-0.15, -0.1) is 0 Å². The minimum Gasteiger partial charge on any atom is -0.336 e. The summed E-state index contributed by atoms with van der Waals surface area (Å²) in [5.74, 6) is -0.279. The highest BCUT2D eigenvalue weighted by molar-refractivity contribution is 14.1. The molecule has 1 aromatic heterocycles. The number of rotatable bonds is 3. The molecule has 1 aromatic carbocycles. The second kappa shape index (κ2) is 6.08. The van der Waals surface area contributed by atoms with Crippen molar-refractivity contribution in [1.82, 2.24) is 19.8 Å². The minimum atomic E-state index is -0.279. The number of carbonyl (C=O) groups excluding carboxylic acids is 1. The maximum absolute atomic E-state index is 13.6. The molecule has 2 rings (SSSR count). The molecule has 0 spiro atoms. The largest absolute Gasteiger partial charge is 0.336 e. The van der Waals surface area contributed by atoms with Crippen molar-refractivity contribution in [3.63, 3.8) is 0 Å². The summed E-state index contributed by atoms with van der Waals surface area (Å²) in [7, 11) is 3.34. The van der Waals surface area contributed by atoms with Crippen LogP contribution in [0.15, 0.2) is 12.1 Å². The van der Waals surface area contributed by atoms with Crippen LogP contribution in [0, 0.1) is 14.2 Å². The van der Waals surface area contributed by atoms with Crippen LogP contribution in [0.1, 0.15) is 0 Å². The molecule has 0 aliphatic carbocycles. The molecule has 0 unspecified atom stereocenters. The van der Waals surface area contributed by atoms with Gasteiger partial charge in [0.05, 0.1) is 14.6 Å². The first-order chi connectivity index (χ1) is 9.40. The third kappa shape index (κ3) is 3.11. The van der Waals surface area contributed by atoms with Crippen LogP contribution < -0.4 is 5.32 Å². The summed E-state index contributed by atoms with van der Waals surface area (Å²) in [5.41, 5.74) is 1.49. The topological polar surface area (TPSA) is 53.1 Å². The molecular formula is C12H14FIN4OS. The number of nitrogens with one attached hydrogen (secondary N) is 2. The highest BCUT2D eigenvalue weighted by atomic mass is 127. The molecule has 0 aliphatic heterocycles. The molecule has 2 N–H and O–H groups in total. The number of hydrogen-bond donors (Lipinski definition) is 2. The maximum Gasteiger partial charge on any atom is 0.316 e. The molecule has 8 heteroatoms. The van der Waals surface area contributed by atoms with E-state index < -0.39 is 0 Å². The number of halogens is 2. The van der Waals surface area contributed by atoms with Crippen LogP contribution in [-0.2, 0) is 6.54 Å². The first-order valence-electron chi connectivity index (χ1n) is 5.93. The predicted octanol–water partition coefficient (Wildman–Crippen LogP) is 2.71. The number of urea groups is 1. The molecule has 2 aromatic rings. The van der Waals surface area contributed by atoms with E-state index in [4.69, 9.17) is 12.2 Å². The molecule has 2 amide bonds. The maximum atomic E-state index is 13.6. The molecule has 20 heavy (non-hydrogen) atoms. The van der Waals surface area contributed by atoms with Gasteiger partial charge in [-0.3, -0.25) is 0 Å². The van der Waals surface area contributed by atoms with Gasteiger partial charge in [0.2, 0.25) is 0 Å². The number of nitrogens with zero attached hydrogens (tertiary/aromatic N) is 2. The first kappa shape index (κ1) is 15.2. The van der Waals surface area contributed by atoms with E-state index in [1.807, 2.05) is 22.6 Å². The van der Waals surface area contributed by atoms with Crippen LogP contribution in [-0.4, -0.2) is 41.1 Å². The van der Waals surface area contributed by atoms with Gasteiger partial charge in [-0.2, -0.15) is 0 Å². The normalized spacial score (nSPS) is 10.8. The van der Waals surface area contributed by atoms with Gasteiger partial charge in [-0.05, 0) is 40.9 Å². The molecule has 1 heterocycles. The van der Waals surface area contributed by atoms with Crippen molar-refractivity contribution in [3.8, 4) is 0 Å². The van der Waals surface area contributed by atoms with E-state index in [9.17, 15) is 9.18 Å². The Hall–Kier alpha value is -1.16. The average Bonchev–Trinajstić information content (AvgIpc) is 2.66. The Morgan fingerprint density at radius 2 is 2.25 bits per heavy atom. The smallest absolute Gasteiger partial charge is 0.316 e. The first-order valence-corrected chi connectivity index (χ1v) is 7.41. The number of H-pyrrole nitrogens is 1. The molecule has 0 saturated carbocycles. The molecule has 0 fully saturated rings. The number of fused-ring (bicyclic) bond motifs is 1. The lowest BCUT2D eigenvalue weighted by atomic mass is 10.3. The van der Waals surface area contributed by atoms with E-state index in [-0.39, 0.29) is 11.8 Å². The summed E-state index contributed by atoms with van der Waals surface area (Å²) in [4.78, 5) is 15.9. The van der Waals surface area contributed by atoms with E-state index in [2.05, 4.69) is 10.3 Å². The molecule has 0 radical (unpaired) electrons. The molecular weight excluding hydrogens is 394 g/mol. The molecule has 0 bridgehead atoms. The fourth-order valence-corrected chi connectivity index (χ4v) is 2.57. The molecule has 0 atom stereocenters. The summed E-state index contributed by atoms with van der Waals surface area (Å²) in [6.07, 6.45) is 0. The summed E-state index contributed by atoms with van der Waals surface area (Å²) < 4.78 is 16.5. The second-order valence-corrected chi connectivity index (χ2v) is 6.04. The van der Waals surface area contributed by atoms with E-state index in [1.54, 1.807) is 24.7 Å². The van der Waals surface area contributed by atoms with Crippen molar-refractivity contribution in [1.29, 1.82) is 0 Å². The van der Waals surface area contributed by atoms with Gasteiger partial charge in [0.1, 0.15) is 5.82 Å². The second-order valence-electron chi connectivity index (χ2n) is 4.49. The van der Waals surface area contributed by atoms with Gasteiger partial charge >= 0.3 is 6.03 Å². The predicted molar refractivity (Wildman–Crippen MR) is 86.9 cm³/mol. The van der Waals surface area contributed by atoms with E-state index in [0.29, 0.717) is 26.9 Å². The van der Waals surface area contributed by atoms with Gasteiger partial charge < -0.3 is 19.8 Å². The standard InChI is InChI=1S/C12H14FIN4OS/c1-17(2)11(19)15-3-4-18-10-5-7(13)8(14)6-9(10)16-12(18)20/h5-6H,3-4H2,1-2H3,(H,15,19)(H,16,20). The Balaban J connectivity index is 2.22. The van der Waals surface area contributed by atoms with Crippen LogP contribution in [0.25, 0.3) is 11.0 Å². The van der Waals surface area contributed by atoms with E-state index in [1.165, 1.54) is 11.0 Å². The Bertz CT molecular complexity index is 709. The lowest BCUT2D eigenvalue weighted by molar-refractivity contribution is 0.217. The Kier molecular flexibility index (Phi) is 4.63. The Morgan fingerprint density at radius 3 is 2.90 bits per heavy atom. The highest BCUT2D eigenvalue weighted by Gasteiger charge is 2.09. The van der Waals surface area contributed by atoms with Crippen molar-refractivity contribution in [2.75, 3.05) is 20.6 Å². The molecule has 5 nitrogen and oxygen atoms in total. The Morgan fingerprint density at radius 1 is 1.55 bits per heavy atom. The zero-order valence-corrected chi connectivity index (χ0v) is 14.0. The average molecular weight is 408 g/mol. The zero-order valence-electron chi connectivity index (χ0n) is 11.0. The van der Waals surface area contributed by atoms with Gasteiger partial charge in [0.25, 0.3) is 0 Å². The third-order valence-corrected chi connectivity index (χ3v) is 3.98. The number of amides is 2. The van der Waals surface area contributed by atoms with Crippen molar-refractivity contribution in [2.24, 2.45) is 0 Å². The number of benzene rings is 1. The van der Waals surface area contributed by atoms with Gasteiger partial charge in [-0.1, -0.05) is 0 Å². The van der Waals surface area contributed by atoms with E-state index in [0.717, 1.165) is 5.52 Å². The summed E-state index contributed by atoms with van der Waals surface area (Å²) in [6.45, 7) is 0.907. The van der Waals surface area contributed by atoms with Gasteiger partial charge in [0.15, 0.2) is 4.77 Å². The fourth-order valence-electron chi connectivity index (χ4n) is 1.81. The lowest BCUT2D eigenvalue weighted by Gasteiger charge is -2.12. The number of carbonyl (C=O) groups is 1. The monoisotopic (exact) mass is 408 g/mol. The number of aromatic nitrogens is 2. The van der Waals surface area contributed by atoms with Crippen LogP contribution in [0.4, 0.5) is 9.18 Å². The zero-order chi connectivity index (χ0) is 14.9. The molecule has 0 saturated heterocycles. The quantitative estimate of drug-likeness (QED) is 0.606. The summed E-state index contributed by atoms with van der Waals surface area (Å²) in [6, 6.07) is 3.00. The fraction of sp³-hybridized carbons (Fsp3) is 0.333. The Labute approximate surface area is 134 Å². The van der Waals surface area contributed by atoms with Crippen LogP contribution >= 0.6 is 34.8 Å². The van der Waals surface area contributed by atoms with Crippen molar-refractivity contribution in [3.05, 3.63) is 26.3 Å². The van der Waals surface area contributed by atoms with Crippen molar-refractivity contribution >= 4 is 51.9 Å². The van der Waals surface area contributed by atoms with Gasteiger partial charge in [0, 0.05) is 33.3 Å². The van der Waals surface area contributed by atoms with Crippen molar-refractivity contribution < 1.29 is 9.18 Å². The van der Waals surface area contributed by atoms with Crippen LogP contribution in [0.3, 0.4) is 0 Å². The van der Waals surface area contributed by atoms with Gasteiger partial charge in [-0.25, -0.2) is 9.18 Å².